The Balaban J connectivity index is 2.34. The molecule has 0 saturated heterocycles. The highest BCUT2D eigenvalue weighted by molar-refractivity contribution is 7.13. The number of aromatic nitrogens is 2. The number of nitrogens with zero attached hydrogens (tertiary/aromatic N) is 2. The van der Waals surface area contributed by atoms with Crippen LogP contribution in [0.4, 0.5) is 0 Å². The zero-order valence-corrected chi connectivity index (χ0v) is 13.0. The van der Waals surface area contributed by atoms with Gasteiger partial charge in [0.05, 0.1) is 12.3 Å². The van der Waals surface area contributed by atoms with Gasteiger partial charge in [0.25, 0.3) is 0 Å². The Morgan fingerprint density at radius 2 is 2.20 bits per heavy atom. The van der Waals surface area contributed by atoms with E-state index in [0.717, 1.165) is 22.0 Å². The SMILES string of the molecule is CCOC(=O)C(C)(C)c1csc(-c2ncccc2C)n1. The largest absolute Gasteiger partial charge is 0.465 e. The lowest BCUT2D eigenvalue weighted by Gasteiger charge is -2.19. The van der Waals surface area contributed by atoms with Crippen LogP contribution in [-0.4, -0.2) is 22.5 Å². The first kappa shape index (κ1) is 14.7. The Hall–Kier alpha value is -1.75. The van der Waals surface area contributed by atoms with Gasteiger partial charge < -0.3 is 4.74 Å². The summed E-state index contributed by atoms with van der Waals surface area (Å²) in [4.78, 5) is 20.9. The van der Waals surface area contributed by atoms with E-state index in [1.807, 2.05) is 38.3 Å². The number of rotatable bonds is 4. The van der Waals surface area contributed by atoms with Gasteiger partial charge in [-0.25, -0.2) is 4.98 Å². The van der Waals surface area contributed by atoms with Gasteiger partial charge in [-0.1, -0.05) is 6.07 Å². The van der Waals surface area contributed by atoms with Crippen LogP contribution in [0, 0.1) is 6.92 Å². The van der Waals surface area contributed by atoms with Crippen LogP contribution in [0.2, 0.25) is 0 Å². The van der Waals surface area contributed by atoms with Crippen LogP contribution in [0.25, 0.3) is 10.7 Å². The number of carbonyl (C=O) groups is 1. The first-order valence-corrected chi connectivity index (χ1v) is 7.40. The average Bonchev–Trinajstić information content (AvgIpc) is 2.89. The highest BCUT2D eigenvalue weighted by Crippen LogP contribution is 2.31. The second-order valence-corrected chi connectivity index (χ2v) is 5.91. The maximum atomic E-state index is 12.0. The van der Waals surface area contributed by atoms with Crippen LogP contribution >= 0.6 is 11.3 Å². The normalized spacial score (nSPS) is 11.4. The van der Waals surface area contributed by atoms with Crippen LogP contribution in [0.15, 0.2) is 23.7 Å². The topological polar surface area (TPSA) is 52.1 Å². The zero-order valence-electron chi connectivity index (χ0n) is 12.1. The highest BCUT2D eigenvalue weighted by atomic mass is 32.1. The van der Waals surface area contributed by atoms with Gasteiger partial charge in [0.1, 0.15) is 16.1 Å². The fourth-order valence-corrected chi connectivity index (χ4v) is 2.84. The molecule has 0 N–H and O–H groups in total. The fraction of sp³-hybridized carbons (Fsp3) is 0.400. The molecule has 2 rings (SSSR count). The van der Waals surface area contributed by atoms with Gasteiger partial charge in [-0.3, -0.25) is 9.78 Å². The summed E-state index contributed by atoms with van der Waals surface area (Å²) < 4.78 is 5.11. The number of hydrogen-bond donors (Lipinski definition) is 0. The Bertz CT molecular complexity index is 620. The van der Waals surface area contributed by atoms with E-state index in [1.165, 1.54) is 11.3 Å². The lowest BCUT2D eigenvalue weighted by atomic mass is 9.90. The van der Waals surface area contributed by atoms with E-state index >= 15 is 0 Å². The molecule has 0 saturated carbocycles. The minimum absolute atomic E-state index is 0.255. The van der Waals surface area contributed by atoms with E-state index in [0.29, 0.717) is 6.61 Å². The molecule has 2 heterocycles. The standard InChI is InChI=1S/C15H18N2O2S/c1-5-19-14(18)15(3,4)11-9-20-13(17-11)12-10(2)7-6-8-16-12/h6-9H,5H2,1-4H3. The van der Waals surface area contributed by atoms with Gasteiger partial charge >= 0.3 is 5.97 Å². The molecule has 4 nitrogen and oxygen atoms in total. The van der Waals surface area contributed by atoms with Crippen LogP contribution in [0.5, 0.6) is 0 Å². The van der Waals surface area contributed by atoms with Gasteiger partial charge in [-0.15, -0.1) is 11.3 Å². The van der Waals surface area contributed by atoms with Crippen molar-refractivity contribution in [2.24, 2.45) is 0 Å². The van der Waals surface area contributed by atoms with Crippen molar-refractivity contribution in [1.82, 2.24) is 9.97 Å². The predicted octanol–water partition coefficient (Wildman–Crippen LogP) is 3.35. The van der Waals surface area contributed by atoms with Crippen LogP contribution in [0.1, 0.15) is 32.0 Å². The van der Waals surface area contributed by atoms with E-state index in [9.17, 15) is 4.79 Å². The molecular weight excluding hydrogens is 272 g/mol. The molecule has 0 fully saturated rings. The quantitative estimate of drug-likeness (QED) is 0.810. The molecule has 0 bridgehead atoms. The lowest BCUT2D eigenvalue weighted by molar-refractivity contribution is -0.148. The van der Waals surface area contributed by atoms with Crippen molar-refractivity contribution in [3.8, 4) is 10.7 Å². The Morgan fingerprint density at radius 3 is 2.85 bits per heavy atom. The fourth-order valence-electron chi connectivity index (χ4n) is 1.80. The summed E-state index contributed by atoms with van der Waals surface area (Å²) in [5.74, 6) is -0.255. The molecule has 2 aromatic heterocycles. The highest BCUT2D eigenvalue weighted by Gasteiger charge is 2.34. The monoisotopic (exact) mass is 290 g/mol. The van der Waals surface area contributed by atoms with Crippen molar-refractivity contribution < 1.29 is 9.53 Å². The minimum atomic E-state index is -0.743. The van der Waals surface area contributed by atoms with Gasteiger partial charge in [0.15, 0.2) is 0 Å². The summed E-state index contributed by atoms with van der Waals surface area (Å²) >= 11 is 1.50. The van der Waals surface area contributed by atoms with Crippen LogP contribution < -0.4 is 0 Å². The molecular formula is C15H18N2O2S. The second-order valence-electron chi connectivity index (χ2n) is 5.05. The molecule has 0 unspecified atom stereocenters. The number of carbonyl (C=O) groups excluding carboxylic acids is 1. The Labute approximate surface area is 122 Å². The molecule has 0 radical (unpaired) electrons. The Morgan fingerprint density at radius 1 is 1.45 bits per heavy atom. The van der Waals surface area contributed by atoms with Crippen molar-refractivity contribution >= 4 is 17.3 Å². The van der Waals surface area contributed by atoms with Crippen molar-refractivity contribution in [2.45, 2.75) is 33.1 Å². The number of esters is 1. The summed E-state index contributed by atoms with van der Waals surface area (Å²) in [6.07, 6.45) is 1.75. The Kier molecular flexibility index (Phi) is 4.18. The van der Waals surface area contributed by atoms with Crippen molar-refractivity contribution in [2.75, 3.05) is 6.61 Å². The second kappa shape index (κ2) is 5.71. The first-order valence-electron chi connectivity index (χ1n) is 6.52. The number of hydrogen-bond acceptors (Lipinski definition) is 5. The van der Waals surface area contributed by atoms with Crippen molar-refractivity contribution in [1.29, 1.82) is 0 Å². The van der Waals surface area contributed by atoms with Gasteiger partial charge in [0.2, 0.25) is 0 Å². The van der Waals surface area contributed by atoms with Crippen LogP contribution in [0.3, 0.4) is 0 Å². The minimum Gasteiger partial charge on any atom is -0.465 e. The van der Waals surface area contributed by atoms with Crippen molar-refractivity contribution in [3.05, 3.63) is 35.0 Å². The molecule has 0 amide bonds. The number of aryl methyl sites for hydroxylation is 1. The molecule has 0 atom stereocenters. The third-order valence-electron chi connectivity index (χ3n) is 3.14. The summed E-state index contributed by atoms with van der Waals surface area (Å²) in [6.45, 7) is 7.83. The first-order chi connectivity index (χ1) is 9.46. The zero-order chi connectivity index (χ0) is 14.8. The van der Waals surface area contributed by atoms with E-state index in [4.69, 9.17) is 4.74 Å². The van der Waals surface area contributed by atoms with E-state index in [-0.39, 0.29) is 5.97 Å². The number of pyridine rings is 1. The third-order valence-corrected chi connectivity index (χ3v) is 3.99. The molecule has 2 aromatic rings. The molecule has 5 heteroatoms. The van der Waals surface area contributed by atoms with E-state index in [2.05, 4.69) is 9.97 Å². The summed E-state index contributed by atoms with van der Waals surface area (Å²) in [6, 6.07) is 3.90. The maximum Gasteiger partial charge on any atom is 0.317 e. The molecule has 0 spiro atoms. The molecule has 0 aliphatic heterocycles. The molecule has 0 aliphatic rings. The molecule has 106 valence electrons. The number of thiazole rings is 1. The van der Waals surface area contributed by atoms with Crippen LogP contribution in [-0.2, 0) is 14.9 Å². The number of ether oxygens (including phenoxy) is 1. The third kappa shape index (κ3) is 2.72. The van der Waals surface area contributed by atoms with Crippen molar-refractivity contribution in [3.63, 3.8) is 0 Å². The van der Waals surface area contributed by atoms with Gasteiger partial charge in [-0.2, -0.15) is 0 Å². The summed E-state index contributed by atoms with van der Waals surface area (Å²) in [5.41, 5.74) is 1.92. The summed E-state index contributed by atoms with van der Waals surface area (Å²) in [5, 5.41) is 2.73. The summed E-state index contributed by atoms with van der Waals surface area (Å²) in [7, 11) is 0. The molecule has 20 heavy (non-hydrogen) atoms. The van der Waals surface area contributed by atoms with E-state index < -0.39 is 5.41 Å². The van der Waals surface area contributed by atoms with Gasteiger partial charge in [0, 0.05) is 11.6 Å². The smallest absolute Gasteiger partial charge is 0.317 e. The average molecular weight is 290 g/mol. The van der Waals surface area contributed by atoms with E-state index in [1.54, 1.807) is 13.1 Å². The molecule has 0 aromatic carbocycles. The lowest BCUT2D eigenvalue weighted by Crippen LogP contribution is -2.31. The van der Waals surface area contributed by atoms with Gasteiger partial charge in [-0.05, 0) is 39.3 Å². The predicted molar refractivity (Wildman–Crippen MR) is 79.7 cm³/mol. The maximum absolute atomic E-state index is 12.0. The molecule has 0 aliphatic carbocycles.